The fourth-order valence-corrected chi connectivity index (χ4v) is 3.00. The predicted molar refractivity (Wildman–Crippen MR) is 88.8 cm³/mol. The van der Waals surface area contributed by atoms with Gasteiger partial charge in [-0.3, -0.25) is 0 Å². The lowest BCUT2D eigenvalue weighted by molar-refractivity contribution is 0.823. The van der Waals surface area contributed by atoms with Crippen LogP contribution in [-0.4, -0.2) is 11.8 Å². The average Bonchev–Trinajstić information content (AvgIpc) is 2.78. The molecule has 21 heavy (non-hydrogen) atoms. The lowest BCUT2D eigenvalue weighted by Gasteiger charge is -2.37. The van der Waals surface area contributed by atoms with Crippen molar-refractivity contribution in [3.05, 3.63) is 78.9 Å². The molecular formula is C19H16N2. The van der Waals surface area contributed by atoms with Crippen molar-refractivity contribution in [3.63, 3.8) is 0 Å². The first-order valence-corrected chi connectivity index (χ1v) is 7.28. The molecule has 102 valence electrons. The standard InChI is InChI=1S/C19H16N2/c1-3-9-15(10-4-1)21-18-13-6-2-5-11-16(18)20-17-12-7-8-14-19(17)21/h1-12,14,18H,13H2. The zero-order valence-electron chi connectivity index (χ0n) is 11.7. The number of nitrogens with zero attached hydrogens (tertiary/aromatic N) is 2. The van der Waals surface area contributed by atoms with Gasteiger partial charge in [0.1, 0.15) is 0 Å². The van der Waals surface area contributed by atoms with Crippen molar-refractivity contribution in [3.8, 4) is 0 Å². The van der Waals surface area contributed by atoms with Gasteiger partial charge in [-0.2, -0.15) is 0 Å². The first-order chi connectivity index (χ1) is 10.4. The number of benzene rings is 2. The molecule has 2 aliphatic rings. The first kappa shape index (κ1) is 12.2. The normalized spacial score (nSPS) is 19.5. The summed E-state index contributed by atoms with van der Waals surface area (Å²) >= 11 is 0. The largest absolute Gasteiger partial charge is 0.330 e. The Bertz CT molecular complexity index is 741. The van der Waals surface area contributed by atoms with E-state index in [1.54, 1.807) is 0 Å². The summed E-state index contributed by atoms with van der Waals surface area (Å²) in [5, 5.41) is 0. The predicted octanol–water partition coefficient (Wildman–Crippen LogP) is 4.80. The molecule has 0 aromatic heterocycles. The van der Waals surface area contributed by atoms with E-state index in [-0.39, 0.29) is 6.04 Å². The maximum atomic E-state index is 4.85. The van der Waals surface area contributed by atoms with Crippen molar-refractivity contribution in [2.24, 2.45) is 4.99 Å². The quantitative estimate of drug-likeness (QED) is 0.728. The van der Waals surface area contributed by atoms with E-state index in [1.807, 2.05) is 6.07 Å². The summed E-state index contributed by atoms with van der Waals surface area (Å²) in [4.78, 5) is 7.25. The molecule has 2 nitrogen and oxygen atoms in total. The summed E-state index contributed by atoms with van der Waals surface area (Å²) in [6.07, 6.45) is 9.49. The van der Waals surface area contributed by atoms with Crippen LogP contribution >= 0.6 is 0 Å². The highest BCUT2D eigenvalue weighted by Gasteiger charge is 2.29. The van der Waals surface area contributed by atoms with Gasteiger partial charge in [0, 0.05) is 5.69 Å². The Morgan fingerprint density at radius 3 is 2.62 bits per heavy atom. The van der Waals surface area contributed by atoms with E-state index < -0.39 is 0 Å². The zero-order valence-corrected chi connectivity index (χ0v) is 11.7. The van der Waals surface area contributed by atoms with Gasteiger partial charge in [0.25, 0.3) is 0 Å². The number of aliphatic imine (C=N–C) groups is 1. The molecule has 0 bridgehead atoms. The minimum absolute atomic E-state index is 0.261. The molecule has 1 aliphatic heterocycles. The summed E-state index contributed by atoms with van der Waals surface area (Å²) in [7, 11) is 0. The lowest BCUT2D eigenvalue weighted by Crippen LogP contribution is -2.38. The number of fused-ring (bicyclic) bond motifs is 2. The first-order valence-electron chi connectivity index (χ1n) is 7.28. The van der Waals surface area contributed by atoms with Gasteiger partial charge < -0.3 is 4.90 Å². The molecule has 0 radical (unpaired) electrons. The molecular weight excluding hydrogens is 256 g/mol. The second-order valence-electron chi connectivity index (χ2n) is 5.27. The minimum Gasteiger partial charge on any atom is -0.330 e. The smallest absolute Gasteiger partial charge is 0.0871 e. The molecule has 0 amide bonds. The molecule has 2 aromatic rings. The third kappa shape index (κ3) is 2.09. The Morgan fingerprint density at radius 1 is 0.905 bits per heavy atom. The Kier molecular flexibility index (Phi) is 2.93. The molecule has 1 atom stereocenters. The molecule has 0 fully saturated rings. The van der Waals surface area contributed by atoms with E-state index in [4.69, 9.17) is 4.99 Å². The van der Waals surface area contributed by atoms with E-state index >= 15 is 0 Å². The van der Waals surface area contributed by atoms with Gasteiger partial charge >= 0.3 is 0 Å². The number of anilines is 2. The Balaban J connectivity index is 1.92. The highest BCUT2D eigenvalue weighted by atomic mass is 15.2. The van der Waals surface area contributed by atoms with Crippen molar-refractivity contribution in [2.75, 3.05) is 4.90 Å². The molecule has 0 spiro atoms. The van der Waals surface area contributed by atoms with Gasteiger partial charge in [0.2, 0.25) is 0 Å². The van der Waals surface area contributed by atoms with Gasteiger partial charge in [-0.25, -0.2) is 4.99 Å². The summed E-state index contributed by atoms with van der Waals surface area (Å²) in [6, 6.07) is 19.2. The summed E-state index contributed by atoms with van der Waals surface area (Å²) in [5.41, 5.74) is 4.56. The maximum absolute atomic E-state index is 4.85. The van der Waals surface area contributed by atoms with Crippen LogP contribution in [0.25, 0.3) is 0 Å². The summed E-state index contributed by atoms with van der Waals surface area (Å²) in [5.74, 6) is 0. The van der Waals surface area contributed by atoms with Gasteiger partial charge in [-0.05, 0) is 36.8 Å². The summed E-state index contributed by atoms with van der Waals surface area (Å²) < 4.78 is 0. The van der Waals surface area contributed by atoms with Gasteiger partial charge in [-0.1, -0.05) is 48.6 Å². The molecule has 2 aromatic carbocycles. The van der Waals surface area contributed by atoms with Crippen LogP contribution in [0, 0.1) is 0 Å². The van der Waals surface area contributed by atoms with Crippen LogP contribution in [0.2, 0.25) is 0 Å². The lowest BCUT2D eigenvalue weighted by atomic mass is 10.0. The average molecular weight is 272 g/mol. The maximum Gasteiger partial charge on any atom is 0.0871 e. The Labute approximate surface area is 124 Å². The number of rotatable bonds is 1. The second kappa shape index (κ2) is 5.06. The molecule has 4 rings (SSSR count). The van der Waals surface area contributed by atoms with Crippen LogP contribution < -0.4 is 4.90 Å². The van der Waals surface area contributed by atoms with Crippen LogP contribution in [0.3, 0.4) is 0 Å². The third-order valence-electron chi connectivity index (χ3n) is 3.95. The van der Waals surface area contributed by atoms with Crippen molar-refractivity contribution < 1.29 is 0 Å². The van der Waals surface area contributed by atoms with Crippen molar-refractivity contribution >= 4 is 22.8 Å². The zero-order chi connectivity index (χ0) is 14.1. The van der Waals surface area contributed by atoms with E-state index in [0.717, 1.165) is 17.8 Å². The number of hydrogen-bond donors (Lipinski definition) is 0. The van der Waals surface area contributed by atoms with E-state index in [0.29, 0.717) is 0 Å². The van der Waals surface area contributed by atoms with Crippen molar-refractivity contribution in [1.82, 2.24) is 0 Å². The monoisotopic (exact) mass is 272 g/mol. The van der Waals surface area contributed by atoms with Crippen LogP contribution in [0.4, 0.5) is 17.1 Å². The minimum atomic E-state index is 0.261. The SMILES string of the molecule is C1=CCC2C(=Nc3ccccc3N2c2ccccc2)C=C1. The highest BCUT2D eigenvalue weighted by molar-refractivity contribution is 6.08. The molecule has 0 saturated carbocycles. The molecule has 0 saturated heterocycles. The van der Waals surface area contributed by atoms with Crippen molar-refractivity contribution in [1.29, 1.82) is 0 Å². The van der Waals surface area contributed by atoms with Crippen LogP contribution in [0.5, 0.6) is 0 Å². The Hall–Kier alpha value is -2.61. The van der Waals surface area contributed by atoms with Gasteiger partial charge in [0.05, 0.1) is 23.1 Å². The fourth-order valence-electron chi connectivity index (χ4n) is 3.00. The number of hydrogen-bond acceptors (Lipinski definition) is 2. The van der Waals surface area contributed by atoms with Gasteiger partial charge in [-0.15, -0.1) is 0 Å². The number of allylic oxidation sites excluding steroid dienone is 2. The number of para-hydroxylation sites is 3. The van der Waals surface area contributed by atoms with E-state index in [1.165, 1.54) is 11.4 Å². The van der Waals surface area contributed by atoms with E-state index in [2.05, 4.69) is 77.7 Å². The second-order valence-corrected chi connectivity index (χ2v) is 5.27. The molecule has 1 heterocycles. The fraction of sp³-hybridized carbons (Fsp3) is 0.105. The topological polar surface area (TPSA) is 15.6 Å². The summed E-state index contributed by atoms with van der Waals surface area (Å²) in [6.45, 7) is 0. The van der Waals surface area contributed by atoms with Crippen LogP contribution in [0.1, 0.15) is 6.42 Å². The van der Waals surface area contributed by atoms with Crippen LogP contribution in [0.15, 0.2) is 83.9 Å². The van der Waals surface area contributed by atoms with Gasteiger partial charge in [0.15, 0.2) is 0 Å². The molecule has 1 unspecified atom stereocenters. The molecule has 1 aliphatic carbocycles. The van der Waals surface area contributed by atoms with Crippen molar-refractivity contribution in [2.45, 2.75) is 12.5 Å². The molecule has 0 N–H and O–H groups in total. The van der Waals surface area contributed by atoms with Crippen LogP contribution in [-0.2, 0) is 0 Å². The Morgan fingerprint density at radius 2 is 1.71 bits per heavy atom. The highest BCUT2D eigenvalue weighted by Crippen LogP contribution is 2.40. The molecule has 2 heteroatoms. The van der Waals surface area contributed by atoms with E-state index in [9.17, 15) is 0 Å². The third-order valence-corrected chi connectivity index (χ3v) is 3.95.